The standard InChI is InChI=1S/C42H48N6O8/c1-7-33(49)17-22-37(51)55-25-29(23-34(50)24-48-28-43-38-39(48)45-41(44-27-46(2)3)47(4)40(38)52)26-56-42(30-11-9-8-10-12-30,31-13-18-35(53-5)19-14-31)32-15-20-36(54-6)21-16-32/h8-16,18-21,27-29H,7,17,22-26H2,1-6H3/t29-/m1/s1. The minimum absolute atomic E-state index is 0.0211. The van der Waals surface area contributed by atoms with Crippen LogP contribution in [-0.2, 0) is 43.1 Å². The summed E-state index contributed by atoms with van der Waals surface area (Å²) < 4.78 is 26.5. The fourth-order valence-electron chi connectivity index (χ4n) is 6.22. The second-order valence-corrected chi connectivity index (χ2v) is 13.5. The number of fused-ring (bicyclic) bond motifs is 1. The minimum atomic E-state index is -1.19. The molecule has 2 heterocycles. The topological polar surface area (TPSA) is 156 Å². The number of carbonyl (C=O) groups is 3. The van der Waals surface area contributed by atoms with Crippen molar-refractivity contribution in [3.8, 4) is 11.5 Å². The zero-order valence-corrected chi connectivity index (χ0v) is 32.6. The molecular weight excluding hydrogens is 716 g/mol. The number of benzene rings is 3. The largest absolute Gasteiger partial charge is 0.497 e. The van der Waals surface area contributed by atoms with Crippen LogP contribution in [-0.4, -0.2) is 89.4 Å². The summed E-state index contributed by atoms with van der Waals surface area (Å²) in [5.41, 5.74) is 1.13. The molecule has 0 aliphatic heterocycles. The van der Waals surface area contributed by atoms with Gasteiger partial charge < -0.3 is 28.4 Å². The molecule has 0 N–H and O–H groups in total. The molecule has 0 radical (unpaired) electrons. The smallest absolute Gasteiger partial charge is 0.306 e. The number of nitrogens with zero attached hydrogens (tertiary/aromatic N) is 6. The van der Waals surface area contributed by atoms with Crippen LogP contribution < -0.4 is 15.0 Å². The SMILES string of the molecule is CCC(=O)CCC(=O)OC[C@H](COC(c1ccccc1)(c1ccc(OC)cc1)c1ccc(OC)cc1)CC(=O)Cn1cnc2c(=O)n(C)c(N=CN(C)C)nc21. The average molecular weight is 765 g/mol. The van der Waals surface area contributed by atoms with E-state index in [1.165, 1.54) is 21.8 Å². The predicted octanol–water partition coefficient (Wildman–Crippen LogP) is 5.26. The highest BCUT2D eigenvalue weighted by atomic mass is 16.5. The van der Waals surface area contributed by atoms with E-state index in [1.807, 2.05) is 78.9 Å². The summed E-state index contributed by atoms with van der Waals surface area (Å²) in [5.74, 6) is 0.0284. The van der Waals surface area contributed by atoms with Crippen LogP contribution in [0.3, 0.4) is 0 Å². The van der Waals surface area contributed by atoms with Crippen molar-refractivity contribution in [1.29, 1.82) is 0 Å². The first-order chi connectivity index (χ1) is 27.0. The van der Waals surface area contributed by atoms with Gasteiger partial charge >= 0.3 is 5.97 Å². The van der Waals surface area contributed by atoms with Gasteiger partial charge in [-0.05, 0) is 41.0 Å². The quantitative estimate of drug-likeness (QED) is 0.0441. The lowest BCUT2D eigenvalue weighted by Gasteiger charge is -2.37. The third kappa shape index (κ3) is 9.74. The molecule has 0 bridgehead atoms. The molecule has 0 saturated carbocycles. The van der Waals surface area contributed by atoms with Gasteiger partial charge in [-0.2, -0.15) is 4.98 Å². The van der Waals surface area contributed by atoms with Gasteiger partial charge in [-0.3, -0.25) is 23.7 Å². The second kappa shape index (κ2) is 18.9. The molecular formula is C42H48N6O8. The van der Waals surface area contributed by atoms with E-state index in [0.717, 1.165) is 16.7 Å². The Morgan fingerprint density at radius 1 is 0.857 bits per heavy atom. The van der Waals surface area contributed by atoms with Gasteiger partial charge in [0.05, 0.1) is 53.1 Å². The second-order valence-electron chi connectivity index (χ2n) is 13.5. The molecule has 56 heavy (non-hydrogen) atoms. The van der Waals surface area contributed by atoms with Crippen LogP contribution in [0.4, 0.5) is 5.95 Å². The number of imidazole rings is 1. The Morgan fingerprint density at radius 2 is 1.46 bits per heavy atom. The van der Waals surface area contributed by atoms with Crippen molar-refractivity contribution in [3.05, 3.63) is 112 Å². The molecule has 0 aliphatic rings. The summed E-state index contributed by atoms with van der Waals surface area (Å²) in [4.78, 5) is 66.6. The molecule has 14 heteroatoms. The maximum Gasteiger partial charge on any atom is 0.306 e. The summed E-state index contributed by atoms with van der Waals surface area (Å²) in [6, 6.07) is 24.9. The molecule has 0 spiro atoms. The number of Topliss-reactive ketones (excluding diaryl/α,β-unsaturated/α-hetero) is 2. The van der Waals surface area contributed by atoms with E-state index in [-0.39, 0.29) is 67.7 Å². The zero-order chi connectivity index (χ0) is 40.2. The van der Waals surface area contributed by atoms with E-state index in [0.29, 0.717) is 17.9 Å². The van der Waals surface area contributed by atoms with Crippen molar-refractivity contribution >= 4 is 41.0 Å². The van der Waals surface area contributed by atoms with Crippen molar-refractivity contribution in [1.82, 2.24) is 24.0 Å². The third-order valence-electron chi connectivity index (χ3n) is 9.28. The first kappa shape index (κ1) is 41.0. The maximum atomic E-state index is 13.9. The molecule has 14 nitrogen and oxygen atoms in total. The van der Waals surface area contributed by atoms with E-state index in [9.17, 15) is 19.2 Å². The van der Waals surface area contributed by atoms with Gasteiger partial charge in [0.2, 0.25) is 5.95 Å². The molecule has 0 aliphatic carbocycles. The maximum absolute atomic E-state index is 13.9. The summed E-state index contributed by atoms with van der Waals surface area (Å²) >= 11 is 0. The van der Waals surface area contributed by atoms with Crippen molar-refractivity contribution < 1.29 is 33.3 Å². The summed E-state index contributed by atoms with van der Waals surface area (Å²) in [6.45, 7) is 1.41. The van der Waals surface area contributed by atoms with E-state index in [1.54, 1.807) is 47.2 Å². The Hall–Kier alpha value is -6.15. The number of aromatic nitrogens is 4. The van der Waals surface area contributed by atoms with E-state index in [2.05, 4.69) is 15.0 Å². The first-order valence-corrected chi connectivity index (χ1v) is 18.3. The summed E-state index contributed by atoms with van der Waals surface area (Å²) in [5, 5.41) is 0. The molecule has 5 rings (SSSR count). The van der Waals surface area contributed by atoms with Gasteiger partial charge in [-0.15, -0.1) is 0 Å². The molecule has 2 aromatic heterocycles. The highest BCUT2D eigenvalue weighted by Crippen LogP contribution is 2.42. The van der Waals surface area contributed by atoms with Gasteiger partial charge in [-0.1, -0.05) is 61.5 Å². The molecule has 0 unspecified atom stereocenters. The van der Waals surface area contributed by atoms with E-state index >= 15 is 0 Å². The number of hydrogen-bond acceptors (Lipinski definition) is 11. The zero-order valence-electron chi connectivity index (χ0n) is 32.6. The number of esters is 1. The van der Waals surface area contributed by atoms with Crippen molar-refractivity contribution in [2.24, 2.45) is 18.0 Å². The van der Waals surface area contributed by atoms with Crippen LogP contribution in [0, 0.1) is 5.92 Å². The van der Waals surface area contributed by atoms with Gasteiger partial charge in [0.1, 0.15) is 22.9 Å². The van der Waals surface area contributed by atoms with Crippen LogP contribution in [0.25, 0.3) is 11.2 Å². The van der Waals surface area contributed by atoms with Crippen LogP contribution in [0.1, 0.15) is 49.3 Å². The van der Waals surface area contributed by atoms with Crippen LogP contribution in [0.15, 0.2) is 95.0 Å². The first-order valence-electron chi connectivity index (χ1n) is 18.3. The Morgan fingerprint density at radius 3 is 2.04 bits per heavy atom. The summed E-state index contributed by atoms with van der Waals surface area (Å²) in [6.07, 6.45) is 3.19. The Balaban J connectivity index is 1.50. The van der Waals surface area contributed by atoms with Crippen molar-refractivity contribution in [2.45, 2.75) is 44.8 Å². The fourth-order valence-corrected chi connectivity index (χ4v) is 6.22. The number of ether oxygens (including phenoxy) is 4. The highest BCUT2D eigenvalue weighted by Gasteiger charge is 2.39. The van der Waals surface area contributed by atoms with Gasteiger partial charge in [0.15, 0.2) is 16.9 Å². The molecule has 3 aromatic carbocycles. The van der Waals surface area contributed by atoms with E-state index in [4.69, 9.17) is 18.9 Å². The lowest BCUT2D eigenvalue weighted by Crippen LogP contribution is -2.36. The van der Waals surface area contributed by atoms with Gasteiger partial charge in [0, 0.05) is 46.3 Å². The number of ketones is 2. The van der Waals surface area contributed by atoms with Crippen molar-refractivity contribution in [2.75, 3.05) is 41.5 Å². The number of rotatable bonds is 20. The highest BCUT2D eigenvalue weighted by molar-refractivity contribution is 5.83. The van der Waals surface area contributed by atoms with Gasteiger partial charge in [-0.25, -0.2) is 9.98 Å². The minimum Gasteiger partial charge on any atom is -0.497 e. The monoisotopic (exact) mass is 764 g/mol. The molecule has 1 atom stereocenters. The van der Waals surface area contributed by atoms with Crippen LogP contribution >= 0.6 is 0 Å². The fraction of sp³-hybridized carbons (Fsp3) is 0.357. The predicted molar refractivity (Wildman–Crippen MR) is 211 cm³/mol. The van der Waals surface area contributed by atoms with E-state index < -0.39 is 23.0 Å². The lowest BCUT2D eigenvalue weighted by atomic mass is 9.79. The molecule has 294 valence electrons. The molecule has 0 saturated heterocycles. The molecule has 0 amide bonds. The average Bonchev–Trinajstić information content (AvgIpc) is 3.62. The van der Waals surface area contributed by atoms with Crippen molar-refractivity contribution in [3.63, 3.8) is 0 Å². The summed E-state index contributed by atoms with van der Waals surface area (Å²) in [7, 11) is 8.34. The van der Waals surface area contributed by atoms with Crippen LogP contribution in [0.2, 0.25) is 0 Å². The van der Waals surface area contributed by atoms with Gasteiger partial charge in [0.25, 0.3) is 5.56 Å². The Labute approximate surface area is 325 Å². The lowest BCUT2D eigenvalue weighted by molar-refractivity contribution is -0.148. The number of methoxy groups -OCH3 is 2. The van der Waals surface area contributed by atoms with Crippen LogP contribution in [0.5, 0.6) is 11.5 Å². The number of hydrogen-bond donors (Lipinski definition) is 0. The number of aliphatic imine (C=N–C) groups is 1. The third-order valence-corrected chi connectivity index (χ3v) is 9.28. The number of carbonyl (C=O) groups excluding carboxylic acids is 3. The Kier molecular flexibility index (Phi) is 13.9. The Bertz CT molecular complexity index is 2150. The normalized spacial score (nSPS) is 12.1. The molecule has 5 aromatic rings. The molecule has 0 fully saturated rings.